The van der Waals surface area contributed by atoms with Crippen molar-refractivity contribution in [3.8, 4) is 11.5 Å². The molecule has 7 heteroatoms. The van der Waals surface area contributed by atoms with E-state index in [0.717, 1.165) is 34.9 Å². The summed E-state index contributed by atoms with van der Waals surface area (Å²) in [5.74, 6) is 2.44. The highest BCUT2D eigenvalue weighted by atomic mass is 16.5. The van der Waals surface area contributed by atoms with Gasteiger partial charge < -0.3 is 20.1 Å². The second-order valence-corrected chi connectivity index (χ2v) is 7.55. The third-order valence-electron chi connectivity index (χ3n) is 4.58. The third-order valence-corrected chi connectivity index (χ3v) is 4.58. The smallest absolute Gasteiger partial charge is 0.196 e. The monoisotopic (exact) mass is 421 g/mol. The molecule has 0 atom stereocenters. The van der Waals surface area contributed by atoms with Crippen molar-refractivity contribution in [2.45, 2.75) is 39.8 Å². The lowest BCUT2D eigenvalue weighted by Crippen LogP contribution is -2.32. The van der Waals surface area contributed by atoms with Crippen LogP contribution >= 0.6 is 0 Å². The highest BCUT2D eigenvalue weighted by molar-refractivity contribution is 5.93. The maximum atomic E-state index is 5.72. The lowest BCUT2D eigenvalue weighted by Gasteiger charge is -2.15. The summed E-state index contributed by atoms with van der Waals surface area (Å²) in [5.41, 5.74) is 4.26. The standard InChI is InChI=1S/C24H31N5O2/c1-17(2)31-22-8-6-20(7-9-22)28-24(26-16-21-12-14-27-29-21)25-13-11-19-15-18(3)5-10-23(19)30-4/h5-10,12,14-15,17H,11,13,16H2,1-4H3,(H,27,29)(H2,25,26,28). The van der Waals surface area contributed by atoms with Gasteiger partial charge in [-0.3, -0.25) is 5.10 Å². The number of methoxy groups -OCH3 is 1. The van der Waals surface area contributed by atoms with Crippen molar-refractivity contribution in [2.75, 3.05) is 19.0 Å². The van der Waals surface area contributed by atoms with Crippen LogP contribution in [0.5, 0.6) is 11.5 Å². The number of aromatic nitrogens is 2. The molecule has 1 heterocycles. The first-order valence-corrected chi connectivity index (χ1v) is 10.5. The maximum Gasteiger partial charge on any atom is 0.196 e. The number of hydrogen-bond acceptors (Lipinski definition) is 4. The van der Waals surface area contributed by atoms with Gasteiger partial charge in [0.1, 0.15) is 11.5 Å². The first-order valence-electron chi connectivity index (χ1n) is 10.5. The normalized spacial score (nSPS) is 11.5. The Morgan fingerprint density at radius 1 is 1.13 bits per heavy atom. The molecule has 31 heavy (non-hydrogen) atoms. The highest BCUT2D eigenvalue weighted by Gasteiger charge is 2.06. The Labute approximate surface area is 183 Å². The molecular weight excluding hydrogens is 390 g/mol. The predicted octanol–water partition coefficient (Wildman–Crippen LogP) is 4.31. The van der Waals surface area contributed by atoms with Crippen molar-refractivity contribution in [2.24, 2.45) is 4.99 Å². The van der Waals surface area contributed by atoms with Gasteiger partial charge in [-0.25, -0.2) is 4.99 Å². The fourth-order valence-electron chi connectivity index (χ4n) is 3.12. The van der Waals surface area contributed by atoms with Gasteiger partial charge in [-0.15, -0.1) is 0 Å². The van der Waals surface area contributed by atoms with Crippen LogP contribution in [0, 0.1) is 6.92 Å². The van der Waals surface area contributed by atoms with Crippen molar-refractivity contribution >= 4 is 11.6 Å². The number of nitrogens with zero attached hydrogens (tertiary/aromatic N) is 2. The summed E-state index contributed by atoms with van der Waals surface area (Å²) in [7, 11) is 1.70. The van der Waals surface area contributed by atoms with E-state index in [2.05, 4.69) is 44.9 Å². The lowest BCUT2D eigenvalue weighted by atomic mass is 10.1. The van der Waals surface area contributed by atoms with Gasteiger partial charge in [-0.1, -0.05) is 17.7 Å². The molecule has 7 nitrogen and oxygen atoms in total. The van der Waals surface area contributed by atoms with Gasteiger partial charge in [0.25, 0.3) is 0 Å². The number of H-pyrrole nitrogens is 1. The van der Waals surface area contributed by atoms with Gasteiger partial charge in [0, 0.05) is 18.4 Å². The maximum absolute atomic E-state index is 5.72. The van der Waals surface area contributed by atoms with Crippen LogP contribution in [0.25, 0.3) is 0 Å². The molecule has 0 bridgehead atoms. The number of aryl methyl sites for hydroxylation is 1. The van der Waals surface area contributed by atoms with Crippen LogP contribution in [0.2, 0.25) is 0 Å². The number of guanidine groups is 1. The predicted molar refractivity (Wildman–Crippen MR) is 125 cm³/mol. The Kier molecular flexibility index (Phi) is 7.92. The van der Waals surface area contributed by atoms with Crippen molar-refractivity contribution in [3.63, 3.8) is 0 Å². The van der Waals surface area contributed by atoms with Crippen molar-refractivity contribution < 1.29 is 9.47 Å². The van der Waals surface area contributed by atoms with Crippen LogP contribution in [0.4, 0.5) is 5.69 Å². The van der Waals surface area contributed by atoms with E-state index < -0.39 is 0 Å². The number of benzene rings is 2. The molecule has 0 spiro atoms. The van der Waals surface area contributed by atoms with E-state index in [9.17, 15) is 0 Å². The lowest BCUT2D eigenvalue weighted by molar-refractivity contribution is 0.242. The summed E-state index contributed by atoms with van der Waals surface area (Å²) in [6, 6.07) is 16.0. The van der Waals surface area contributed by atoms with Gasteiger partial charge in [0.15, 0.2) is 5.96 Å². The summed E-state index contributed by atoms with van der Waals surface area (Å²) in [5, 5.41) is 13.7. The average molecular weight is 422 g/mol. The van der Waals surface area contributed by atoms with E-state index in [0.29, 0.717) is 19.0 Å². The molecular formula is C24H31N5O2. The van der Waals surface area contributed by atoms with Crippen molar-refractivity contribution in [1.29, 1.82) is 0 Å². The Bertz CT molecular complexity index is 966. The summed E-state index contributed by atoms with van der Waals surface area (Å²) < 4.78 is 11.2. The summed E-state index contributed by atoms with van der Waals surface area (Å²) in [6.45, 7) is 7.32. The number of aliphatic imine (C=N–C) groups is 1. The van der Waals surface area contributed by atoms with E-state index in [1.165, 1.54) is 5.56 Å². The Balaban J connectivity index is 1.66. The van der Waals surface area contributed by atoms with Gasteiger partial charge in [-0.05, 0) is 69.2 Å². The van der Waals surface area contributed by atoms with E-state index in [4.69, 9.17) is 9.47 Å². The summed E-state index contributed by atoms with van der Waals surface area (Å²) in [6.07, 6.45) is 2.69. The molecule has 0 unspecified atom stereocenters. The topological polar surface area (TPSA) is 83.6 Å². The molecule has 1 aromatic heterocycles. The van der Waals surface area contributed by atoms with Crippen LogP contribution in [0.15, 0.2) is 59.7 Å². The minimum atomic E-state index is 0.144. The van der Waals surface area contributed by atoms with Gasteiger partial charge >= 0.3 is 0 Å². The number of ether oxygens (including phenoxy) is 2. The second kappa shape index (κ2) is 11.1. The first kappa shape index (κ1) is 22.2. The second-order valence-electron chi connectivity index (χ2n) is 7.55. The molecule has 0 amide bonds. The first-order chi connectivity index (χ1) is 15.0. The van der Waals surface area contributed by atoms with E-state index in [-0.39, 0.29) is 6.10 Å². The van der Waals surface area contributed by atoms with E-state index in [1.54, 1.807) is 13.3 Å². The largest absolute Gasteiger partial charge is 0.496 e. The quantitative estimate of drug-likeness (QED) is 0.354. The molecule has 0 radical (unpaired) electrons. The van der Waals surface area contributed by atoms with E-state index in [1.807, 2.05) is 50.2 Å². The zero-order valence-electron chi connectivity index (χ0n) is 18.6. The molecule has 2 aromatic carbocycles. The minimum Gasteiger partial charge on any atom is -0.496 e. The van der Waals surface area contributed by atoms with Crippen molar-refractivity contribution in [1.82, 2.24) is 15.5 Å². The van der Waals surface area contributed by atoms with Crippen LogP contribution in [-0.2, 0) is 13.0 Å². The molecule has 3 rings (SSSR count). The number of nitrogens with one attached hydrogen (secondary N) is 3. The average Bonchev–Trinajstić information content (AvgIpc) is 3.27. The molecule has 0 saturated carbocycles. The molecule has 0 aliphatic heterocycles. The van der Waals surface area contributed by atoms with Crippen LogP contribution in [-0.4, -0.2) is 35.9 Å². The van der Waals surface area contributed by atoms with Gasteiger partial charge in [0.05, 0.1) is 25.5 Å². The van der Waals surface area contributed by atoms with Crippen LogP contribution < -0.4 is 20.1 Å². The summed E-state index contributed by atoms with van der Waals surface area (Å²) in [4.78, 5) is 4.68. The summed E-state index contributed by atoms with van der Waals surface area (Å²) >= 11 is 0. The third kappa shape index (κ3) is 7.06. The van der Waals surface area contributed by atoms with Crippen molar-refractivity contribution in [3.05, 3.63) is 71.5 Å². The van der Waals surface area contributed by atoms with Crippen LogP contribution in [0.1, 0.15) is 30.7 Å². The Hall–Kier alpha value is -3.48. The molecule has 0 fully saturated rings. The van der Waals surface area contributed by atoms with Crippen LogP contribution in [0.3, 0.4) is 0 Å². The molecule has 3 N–H and O–H groups in total. The molecule has 3 aromatic rings. The van der Waals surface area contributed by atoms with Gasteiger partial charge in [-0.2, -0.15) is 5.10 Å². The fourth-order valence-corrected chi connectivity index (χ4v) is 3.12. The number of rotatable bonds is 9. The molecule has 0 aliphatic carbocycles. The zero-order valence-corrected chi connectivity index (χ0v) is 18.6. The zero-order chi connectivity index (χ0) is 22.1. The highest BCUT2D eigenvalue weighted by Crippen LogP contribution is 2.20. The minimum absolute atomic E-state index is 0.144. The molecule has 164 valence electrons. The molecule has 0 saturated heterocycles. The van der Waals surface area contributed by atoms with E-state index >= 15 is 0 Å². The number of anilines is 1. The molecule has 0 aliphatic rings. The SMILES string of the molecule is COc1ccc(C)cc1CCNC(=NCc1ccn[nH]1)Nc1ccc(OC(C)C)cc1. The van der Waals surface area contributed by atoms with Gasteiger partial charge in [0.2, 0.25) is 0 Å². The number of hydrogen-bond donors (Lipinski definition) is 3. The fraction of sp³-hybridized carbons (Fsp3) is 0.333. The Morgan fingerprint density at radius 2 is 1.94 bits per heavy atom. The Morgan fingerprint density at radius 3 is 2.61 bits per heavy atom. The number of aromatic amines is 1.